The number of hydrogen-bond acceptors (Lipinski definition) is 2. The zero-order valence-electron chi connectivity index (χ0n) is 14.0. The van der Waals surface area contributed by atoms with Gasteiger partial charge in [0.2, 0.25) is 0 Å². The number of hydrogen-bond donors (Lipinski definition) is 0. The maximum absolute atomic E-state index is 5.75. The molecule has 1 aliphatic heterocycles. The number of ether oxygens (including phenoxy) is 2. The fraction of sp³-hybridized carbons (Fsp3) is 1.00. The molecule has 0 bridgehead atoms. The van der Waals surface area contributed by atoms with Crippen molar-refractivity contribution in [3.05, 3.63) is 0 Å². The Morgan fingerprint density at radius 1 is 0.952 bits per heavy atom. The zero-order chi connectivity index (χ0) is 15.2. The average molecular weight is 363 g/mol. The van der Waals surface area contributed by atoms with Crippen LogP contribution >= 0.6 is 15.9 Å². The van der Waals surface area contributed by atoms with Crippen LogP contribution in [0.3, 0.4) is 0 Å². The van der Waals surface area contributed by atoms with Gasteiger partial charge in [0, 0.05) is 18.0 Å². The van der Waals surface area contributed by atoms with Crippen LogP contribution in [0.15, 0.2) is 0 Å². The summed E-state index contributed by atoms with van der Waals surface area (Å²) in [4.78, 5) is 0.693. The third kappa shape index (κ3) is 12.6. The van der Waals surface area contributed by atoms with Gasteiger partial charge >= 0.3 is 0 Å². The van der Waals surface area contributed by atoms with E-state index in [1.165, 1.54) is 77.0 Å². The maximum Gasteiger partial charge on any atom is 0.157 e. The van der Waals surface area contributed by atoms with Crippen molar-refractivity contribution in [3.63, 3.8) is 0 Å². The standard InChI is InChI=1S/C18H35BrO2/c1-17(19)13-9-7-5-3-2-4-6-8-11-15-20-18-14-10-12-16-21-18/h17-18H,2-16H2,1H3. The molecule has 0 N–H and O–H groups in total. The fourth-order valence-electron chi connectivity index (χ4n) is 2.82. The third-order valence-electron chi connectivity index (χ3n) is 4.19. The van der Waals surface area contributed by atoms with Gasteiger partial charge in [-0.15, -0.1) is 0 Å². The van der Waals surface area contributed by atoms with Crippen LogP contribution in [0.25, 0.3) is 0 Å². The van der Waals surface area contributed by atoms with Crippen LogP contribution < -0.4 is 0 Å². The molecular weight excluding hydrogens is 328 g/mol. The van der Waals surface area contributed by atoms with Crippen LogP contribution in [-0.4, -0.2) is 24.3 Å². The number of alkyl halides is 1. The second kappa shape index (κ2) is 14.0. The van der Waals surface area contributed by atoms with Crippen LogP contribution in [0.1, 0.15) is 90.4 Å². The third-order valence-corrected chi connectivity index (χ3v) is 4.65. The summed E-state index contributed by atoms with van der Waals surface area (Å²) in [6, 6.07) is 0. The summed E-state index contributed by atoms with van der Waals surface area (Å²) in [7, 11) is 0. The van der Waals surface area contributed by atoms with Gasteiger partial charge in [-0.1, -0.05) is 74.2 Å². The summed E-state index contributed by atoms with van der Waals surface area (Å²) in [5.74, 6) is 0. The first kappa shape index (κ1) is 19.4. The van der Waals surface area contributed by atoms with Crippen LogP contribution in [0.2, 0.25) is 0 Å². The lowest BCUT2D eigenvalue weighted by molar-refractivity contribution is -0.162. The molecule has 21 heavy (non-hydrogen) atoms. The van der Waals surface area contributed by atoms with Crippen molar-refractivity contribution < 1.29 is 9.47 Å². The molecule has 0 aromatic rings. The van der Waals surface area contributed by atoms with Gasteiger partial charge in [0.25, 0.3) is 0 Å². The topological polar surface area (TPSA) is 18.5 Å². The average Bonchev–Trinajstić information content (AvgIpc) is 2.49. The van der Waals surface area contributed by atoms with Gasteiger partial charge < -0.3 is 9.47 Å². The molecule has 1 aliphatic rings. The SMILES string of the molecule is CC(Br)CCCCCCCCCCCOC1CCCCO1. The Labute approximate surface area is 140 Å². The molecule has 126 valence electrons. The molecule has 2 atom stereocenters. The van der Waals surface area contributed by atoms with Crippen molar-refractivity contribution in [2.45, 2.75) is 102 Å². The fourth-order valence-corrected chi connectivity index (χ4v) is 3.15. The zero-order valence-corrected chi connectivity index (χ0v) is 15.5. The van der Waals surface area contributed by atoms with Crippen LogP contribution in [0.4, 0.5) is 0 Å². The van der Waals surface area contributed by atoms with E-state index in [9.17, 15) is 0 Å². The van der Waals surface area contributed by atoms with Crippen molar-refractivity contribution in [3.8, 4) is 0 Å². The van der Waals surface area contributed by atoms with E-state index in [1.54, 1.807) is 0 Å². The molecule has 1 fully saturated rings. The number of unbranched alkanes of at least 4 members (excludes halogenated alkanes) is 8. The quantitative estimate of drug-likeness (QED) is 0.286. The molecule has 0 radical (unpaired) electrons. The minimum Gasteiger partial charge on any atom is -0.353 e. The molecule has 0 aliphatic carbocycles. The molecule has 1 heterocycles. The lowest BCUT2D eigenvalue weighted by Crippen LogP contribution is -2.22. The molecule has 2 nitrogen and oxygen atoms in total. The first-order valence-corrected chi connectivity index (χ1v) is 10.1. The summed E-state index contributed by atoms with van der Waals surface area (Å²) < 4.78 is 11.3. The van der Waals surface area contributed by atoms with E-state index in [0.29, 0.717) is 4.83 Å². The Bertz CT molecular complexity index is 215. The van der Waals surface area contributed by atoms with Gasteiger partial charge in [-0.2, -0.15) is 0 Å². The Hall–Kier alpha value is 0.400. The van der Waals surface area contributed by atoms with E-state index < -0.39 is 0 Å². The van der Waals surface area contributed by atoms with Crippen molar-refractivity contribution in [1.82, 2.24) is 0 Å². The summed E-state index contributed by atoms with van der Waals surface area (Å²) in [6.07, 6.45) is 17.3. The minimum absolute atomic E-state index is 0.0981. The van der Waals surface area contributed by atoms with Gasteiger partial charge in [-0.25, -0.2) is 0 Å². The van der Waals surface area contributed by atoms with E-state index in [4.69, 9.17) is 9.47 Å². The Kier molecular flexibility index (Phi) is 13.0. The normalized spacial score (nSPS) is 20.6. The molecule has 3 heteroatoms. The Morgan fingerprint density at radius 2 is 1.57 bits per heavy atom. The van der Waals surface area contributed by atoms with E-state index in [0.717, 1.165) is 19.6 Å². The van der Waals surface area contributed by atoms with Gasteiger partial charge in [-0.05, 0) is 32.1 Å². The maximum atomic E-state index is 5.75. The number of rotatable bonds is 13. The highest BCUT2D eigenvalue weighted by molar-refractivity contribution is 9.09. The first-order valence-electron chi connectivity index (χ1n) is 9.16. The first-order chi connectivity index (χ1) is 10.3. The van der Waals surface area contributed by atoms with Gasteiger partial charge in [-0.3, -0.25) is 0 Å². The highest BCUT2D eigenvalue weighted by atomic mass is 79.9. The second-order valence-corrected chi connectivity index (χ2v) is 7.98. The van der Waals surface area contributed by atoms with Gasteiger partial charge in [0.05, 0.1) is 0 Å². The summed E-state index contributed by atoms with van der Waals surface area (Å²) in [5, 5.41) is 0. The lowest BCUT2D eigenvalue weighted by atomic mass is 10.1. The lowest BCUT2D eigenvalue weighted by Gasteiger charge is -2.22. The highest BCUT2D eigenvalue weighted by Crippen LogP contribution is 2.15. The molecule has 0 aromatic carbocycles. The predicted octanol–water partition coefficient (Wildman–Crippen LogP) is 6.21. The number of halogens is 1. The summed E-state index contributed by atoms with van der Waals surface area (Å²) in [6.45, 7) is 4.01. The van der Waals surface area contributed by atoms with E-state index in [-0.39, 0.29) is 6.29 Å². The van der Waals surface area contributed by atoms with Crippen molar-refractivity contribution in [1.29, 1.82) is 0 Å². The van der Waals surface area contributed by atoms with Crippen LogP contribution in [0, 0.1) is 0 Å². The van der Waals surface area contributed by atoms with E-state index in [2.05, 4.69) is 22.9 Å². The van der Waals surface area contributed by atoms with Gasteiger partial charge in [0.15, 0.2) is 6.29 Å². The molecule has 0 aromatic heterocycles. The van der Waals surface area contributed by atoms with Gasteiger partial charge in [0.1, 0.15) is 0 Å². The molecule has 1 rings (SSSR count). The Balaban J connectivity index is 1.70. The highest BCUT2D eigenvalue weighted by Gasteiger charge is 2.13. The monoisotopic (exact) mass is 362 g/mol. The summed E-state index contributed by atoms with van der Waals surface area (Å²) >= 11 is 3.61. The second-order valence-electron chi connectivity index (χ2n) is 6.42. The summed E-state index contributed by atoms with van der Waals surface area (Å²) in [5.41, 5.74) is 0. The Morgan fingerprint density at radius 3 is 2.14 bits per heavy atom. The predicted molar refractivity (Wildman–Crippen MR) is 94.1 cm³/mol. The van der Waals surface area contributed by atoms with Crippen molar-refractivity contribution in [2.24, 2.45) is 0 Å². The van der Waals surface area contributed by atoms with Crippen LogP contribution in [-0.2, 0) is 9.47 Å². The smallest absolute Gasteiger partial charge is 0.157 e. The molecule has 0 amide bonds. The molecule has 0 spiro atoms. The van der Waals surface area contributed by atoms with E-state index in [1.807, 2.05) is 0 Å². The van der Waals surface area contributed by atoms with Crippen molar-refractivity contribution in [2.75, 3.05) is 13.2 Å². The molecule has 0 saturated carbocycles. The molecule has 2 unspecified atom stereocenters. The van der Waals surface area contributed by atoms with Crippen molar-refractivity contribution >= 4 is 15.9 Å². The van der Waals surface area contributed by atoms with E-state index >= 15 is 0 Å². The van der Waals surface area contributed by atoms with Crippen LogP contribution in [0.5, 0.6) is 0 Å². The minimum atomic E-state index is 0.0981. The largest absolute Gasteiger partial charge is 0.353 e. The molecule has 1 saturated heterocycles. The molecular formula is C18H35BrO2.